The molecule has 1 saturated heterocycles. The molecule has 0 amide bonds. The van der Waals surface area contributed by atoms with Gasteiger partial charge in [-0.1, -0.05) is 26.8 Å². The maximum atomic E-state index is 4.82. The summed E-state index contributed by atoms with van der Waals surface area (Å²) in [6, 6.07) is 4.43. The SMILES string of the molecule is CCCNCc1ccc(N2CCC(C)C(C)C2)nc1C. The van der Waals surface area contributed by atoms with Crippen molar-refractivity contribution in [2.75, 3.05) is 24.5 Å². The summed E-state index contributed by atoms with van der Waals surface area (Å²) in [4.78, 5) is 7.27. The summed E-state index contributed by atoms with van der Waals surface area (Å²) in [5, 5.41) is 3.45. The quantitative estimate of drug-likeness (QED) is 0.835. The number of aryl methyl sites for hydroxylation is 1. The van der Waals surface area contributed by atoms with Gasteiger partial charge in [-0.05, 0) is 49.8 Å². The van der Waals surface area contributed by atoms with Crippen molar-refractivity contribution in [3.63, 3.8) is 0 Å². The summed E-state index contributed by atoms with van der Waals surface area (Å²) in [5.74, 6) is 2.75. The first-order chi connectivity index (χ1) is 9.61. The summed E-state index contributed by atoms with van der Waals surface area (Å²) < 4.78 is 0. The molecule has 20 heavy (non-hydrogen) atoms. The minimum atomic E-state index is 0.761. The number of anilines is 1. The van der Waals surface area contributed by atoms with Crippen molar-refractivity contribution < 1.29 is 0 Å². The molecule has 2 atom stereocenters. The molecule has 3 heteroatoms. The minimum absolute atomic E-state index is 0.761. The zero-order valence-electron chi connectivity index (χ0n) is 13.4. The summed E-state index contributed by atoms with van der Waals surface area (Å²) >= 11 is 0. The molecule has 0 saturated carbocycles. The Bertz CT molecular complexity index is 430. The lowest BCUT2D eigenvalue weighted by atomic mass is 9.89. The molecule has 0 spiro atoms. The molecular weight excluding hydrogens is 246 g/mol. The Morgan fingerprint density at radius 1 is 1.30 bits per heavy atom. The van der Waals surface area contributed by atoms with E-state index in [0.29, 0.717) is 0 Å². The van der Waals surface area contributed by atoms with E-state index in [2.05, 4.69) is 50.0 Å². The predicted molar refractivity (Wildman–Crippen MR) is 86.1 cm³/mol. The van der Waals surface area contributed by atoms with Gasteiger partial charge in [-0.15, -0.1) is 0 Å². The van der Waals surface area contributed by atoms with Crippen molar-refractivity contribution in [2.45, 2.75) is 47.1 Å². The molecule has 0 bridgehead atoms. The highest BCUT2D eigenvalue weighted by atomic mass is 15.2. The van der Waals surface area contributed by atoms with Gasteiger partial charge in [0.2, 0.25) is 0 Å². The Hall–Kier alpha value is -1.09. The number of aromatic nitrogens is 1. The molecule has 2 heterocycles. The molecule has 112 valence electrons. The molecule has 1 aromatic heterocycles. The normalized spacial score (nSPS) is 23.1. The molecule has 1 aliphatic rings. The minimum Gasteiger partial charge on any atom is -0.356 e. The van der Waals surface area contributed by atoms with Crippen molar-refractivity contribution in [3.8, 4) is 0 Å². The lowest BCUT2D eigenvalue weighted by Crippen LogP contribution is -2.39. The number of rotatable bonds is 5. The highest BCUT2D eigenvalue weighted by Crippen LogP contribution is 2.26. The van der Waals surface area contributed by atoms with Crippen molar-refractivity contribution in [1.82, 2.24) is 10.3 Å². The monoisotopic (exact) mass is 275 g/mol. The van der Waals surface area contributed by atoms with Crippen LogP contribution in [0.2, 0.25) is 0 Å². The van der Waals surface area contributed by atoms with Crippen LogP contribution in [0.3, 0.4) is 0 Å². The fourth-order valence-electron chi connectivity index (χ4n) is 2.81. The van der Waals surface area contributed by atoms with Crippen LogP contribution in [0.5, 0.6) is 0 Å². The van der Waals surface area contributed by atoms with Crippen LogP contribution >= 0.6 is 0 Å². The fraction of sp³-hybridized carbons (Fsp3) is 0.706. The van der Waals surface area contributed by atoms with Crippen molar-refractivity contribution >= 4 is 5.82 Å². The molecule has 0 radical (unpaired) electrons. The van der Waals surface area contributed by atoms with E-state index < -0.39 is 0 Å². The van der Waals surface area contributed by atoms with Gasteiger partial charge in [-0.3, -0.25) is 0 Å². The van der Waals surface area contributed by atoms with Gasteiger partial charge < -0.3 is 10.2 Å². The van der Waals surface area contributed by atoms with Crippen LogP contribution in [0.25, 0.3) is 0 Å². The molecular formula is C17H29N3. The second-order valence-corrected chi connectivity index (χ2v) is 6.28. The molecule has 2 rings (SSSR count). The summed E-state index contributed by atoms with van der Waals surface area (Å²) in [6.07, 6.45) is 2.45. The lowest BCUT2D eigenvalue weighted by molar-refractivity contribution is 0.322. The predicted octanol–water partition coefficient (Wildman–Crippen LogP) is 3.37. The maximum absolute atomic E-state index is 4.82. The zero-order valence-corrected chi connectivity index (χ0v) is 13.4. The average molecular weight is 275 g/mol. The van der Waals surface area contributed by atoms with Crippen LogP contribution in [0.4, 0.5) is 5.82 Å². The Balaban J connectivity index is 2.01. The Morgan fingerprint density at radius 2 is 2.10 bits per heavy atom. The Morgan fingerprint density at radius 3 is 2.75 bits per heavy atom. The molecule has 0 aromatic carbocycles. The van der Waals surface area contributed by atoms with Gasteiger partial charge in [0.15, 0.2) is 0 Å². The summed E-state index contributed by atoms with van der Waals surface area (Å²) in [6.45, 7) is 13.3. The van der Waals surface area contributed by atoms with E-state index >= 15 is 0 Å². The van der Waals surface area contributed by atoms with Crippen LogP contribution in [-0.2, 0) is 6.54 Å². The number of hydrogen-bond donors (Lipinski definition) is 1. The van der Waals surface area contributed by atoms with E-state index in [4.69, 9.17) is 4.98 Å². The standard InChI is InChI=1S/C17H29N3/c1-5-9-18-11-16-6-7-17(19-15(16)4)20-10-8-13(2)14(3)12-20/h6-7,13-14,18H,5,8-12H2,1-4H3. The second-order valence-electron chi connectivity index (χ2n) is 6.28. The van der Waals surface area contributed by atoms with E-state index in [-0.39, 0.29) is 0 Å². The highest BCUT2D eigenvalue weighted by molar-refractivity contribution is 5.42. The molecule has 1 aliphatic heterocycles. The first-order valence-corrected chi connectivity index (χ1v) is 8.04. The third kappa shape index (κ3) is 3.72. The summed E-state index contributed by atoms with van der Waals surface area (Å²) in [5.41, 5.74) is 2.48. The number of piperidine rings is 1. The van der Waals surface area contributed by atoms with Crippen LogP contribution in [-0.4, -0.2) is 24.6 Å². The van der Waals surface area contributed by atoms with E-state index in [1.807, 2.05) is 0 Å². The second kappa shape index (κ2) is 7.07. The number of hydrogen-bond acceptors (Lipinski definition) is 3. The average Bonchev–Trinajstić information content (AvgIpc) is 2.44. The molecule has 3 nitrogen and oxygen atoms in total. The van der Waals surface area contributed by atoms with Crippen molar-refractivity contribution in [3.05, 3.63) is 23.4 Å². The molecule has 1 aromatic rings. The maximum Gasteiger partial charge on any atom is 0.128 e. The van der Waals surface area contributed by atoms with Gasteiger partial charge in [0, 0.05) is 25.3 Å². The Labute approximate surface area is 123 Å². The van der Waals surface area contributed by atoms with Gasteiger partial charge >= 0.3 is 0 Å². The van der Waals surface area contributed by atoms with E-state index in [0.717, 1.165) is 49.5 Å². The molecule has 1 N–H and O–H groups in total. The topological polar surface area (TPSA) is 28.2 Å². The van der Waals surface area contributed by atoms with Crippen LogP contribution < -0.4 is 10.2 Å². The van der Waals surface area contributed by atoms with Crippen molar-refractivity contribution in [2.24, 2.45) is 11.8 Å². The third-order valence-corrected chi connectivity index (χ3v) is 4.58. The smallest absolute Gasteiger partial charge is 0.128 e. The van der Waals surface area contributed by atoms with Gasteiger partial charge in [0.05, 0.1) is 0 Å². The third-order valence-electron chi connectivity index (χ3n) is 4.58. The van der Waals surface area contributed by atoms with Gasteiger partial charge in [0.25, 0.3) is 0 Å². The first kappa shape index (κ1) is 15.3. The lowest BCUT2D eigenvalue weighted by Gasteiger charge is -2.36. The van der Waals surface area contributed by atoms with Crippen LogP contribution in [0.15, 0.2) is 12.1 Å². The largest absolute Gasteiger partial charge is 0.356 e. The zero-order chi connectivity index (χ0) is 14.5. The van der Waals surface area contributed by atoms with E-state index in [1.165, 1.54) is 18.4 Å². The number of nitrogens with zero attached hydrogens (tertiary/aromatic N) is 2. The molecule has 2 unspecified atom stereocenters. The van der Waals surface area contributed by atoms with Gasteiger partial charge in [-0.2, -0.15) is 0 Å². The van der Waals surface area contributed by atoms with Crippen molar-refractivity contribution in [1.29, 1.82) is 0 Å². The van der Waals surface area contributed by atoms with Gasteiger partial charge in [-0.25, -0.2) is 4.98 Å². The van der Waals surface area contributed by atoms with E-state index in [9.17, 15) is 0 Å². The van der Waals surface area contributed by atoms with E-state index in [1.54, 1.807) is 0 Å². The fourth-order valence-corrected chi connectivity index (χ4v) is 2.81. The van der Waals surface area contributed by atoms with Crippen LogP contribution in [0, 0.1) is 18.8 Å². The number of pyridine rings is 1. The number of nitrogens with one attached hydrogen (secondary N) is 1. The first-order valence-electron chi connectivity index (χ1n) is 8.04. The molecule has 0 aliphatic carbocycles. The summed E-state index contributed by atoms with van der Waals surface area (Å²) in [7, 11) is 0. The molecule has 1 fully saturated rings. The highest BCUT2D eigenvalue weighted by Gasteiger charge is 2.23. The van der Waals surface area contributed by atoms with Gasteiger partial charge in [0.1, 0.15) is 5.82 Å². The van der Waals surface area contributed by atoms with Crippen LogP contribution in [0.1, 0.15) is 44.9 Å². The Kier molecular flexibility index (Phi) is 5.41.